The number of carbonyl (C=O) groups is 2. The molecule has 8 heteroatoms. The maximum Gasteiger partial charge on any atom is 0.252 e. The second-order valence-corrected chi connectivity index (χ2v) is 6.17. The van der Waals surface area contributed by atoms with E-state index in [-0.39, 0.29) is 35.4 Å². The predicted molar refractivity (Wildman–Crippen MR) is 92.8 cm³/mol. The van der Waals surface area contributed by atoms with Crippen LogP contribution in [0.1, 0.15) is 23.7 Å². The highest BCUT2D eigenvalue weighted by atomic mass is 35.5. The van der Waals surface area contributed by atoms with Crippen LogP contribution in [0.5, 0.6) is 0 Å². The summed E-state index contributed by atoms with van der Waals surface area (Å²) in [5, 5.41) is 9.57. The van der Waals surface area contributed by atoms with Gasteiger partial charge in [-0.05, 0) is 30.2 Å². The van der Waals surface area contributed by atoms with E-state index < -0.39 is 11.7 Å². The average molecular weight is 367 g/mol. The molecule has 2 N–H and O–H groups in total. The van der Waals surface area contributed by atoms with E-state index in [2.05, 4.69) is 15.7 Å². The standard InChI is InChI=1S/C17H20ClFN4O2/c1-12(11-23-8-2-6-22-23)10-21-16(24)5-7-20-17(25)14-4-3-13(19)9-15(14)18/h2-4,6,8-9,12H,5,7,10-11H2,1H3,(H,20,25)(H,21,24). The minimum absolute atomic E-state index is 0.0365. The Kier molecular flexibility index (Phi) is 6.94. The summed E-state index contributed by atoms with van der Waals surface area (Å²) < 4.78 is 14.8. The van der Waals surface area contributed by atoms with Crippen LogP contribution in [0.15, 0.2) is 36.7 Å². The molecule has 25 heavy (non-hydrogen) atoms. The van der Waals surface area contributed by atoms with Crippen LogP contribution in [0.3, 0.4) is 0 Å². The molecule has 0 aliphatic rings. The molecule has 0 aliphatic heterocycles. The van der Waals surface area contributed by atoms with Crippen molar-refractivity contribution in [2.75, 3.05) is 13.1 Å². The van der Waals surface area contributed by atoms with E-state index in [9.17, 15) is 14.0 Å². The maximum atomic E-state index is 13.0. The lowest BCUT2D eigenvalue weighted by Crippen LogP contribution is -2.33. The molecule has 1 aromatic heterocycles. The Morgan fingerprint density at radius 2 is 2.16 bits per heavy atom. The summed E-state index contributed by atoms with van der Waals surface area (Å²) in [4.78, 5) is 23.8. The highest BCUT2D eigenvalue weighted by Gasteiger charge is 2.12. The Bertz CT molecular complexity index is 721. The number of halogens is 2. The second kappa shape index (κ2) is 9.17. The number of rotatable bonds is 8. The van der Waals surface area contributed by atoms with Gasteiger partial charge in [0.15, 0.2) is 0 Å². The van der Waals surface area contributed by atoms with Gasteiger partial charge in [-0.1, -0.05) is 18.5 Å². The minimum atomic E-state index is -0.509. The van der Waals surface area contributed by atoms with Crippen molar-refractivity contribution in [1.29, 1.82) is 0 Å². The minimum Gasteiger partial charge on any atom is -0.356 e. The van der Waals surface area contributed by atoms with E-state index in [0.29, 0.717) is 13.1 Å². The van der Waals surface area contributed by atoms with Crippen LogP contribution in [0.4, 0.5) is 4.39 Å². The van der Waals surface area contributed by atoms with E-state index in [1.54, 1.807) is 6.20 Å². The zero-order valence-electron chi connectivity index (χ0n) is 13.8. The monoisotopic (exact) mass is 366 g/mol. The normalized spacial score (nSPS) is 11.8. The fraction of sp³-hybridized carbons (Fsp3) is 0.353. The molecule has 0 bridgehead atoms. The van der Waals surface area contributed by atoms with Gasteiger partial charge in [0.25, 0.3) is 5.91 Å². The van der Waals surface area contributed by atoms with Crippen molar-refractivity contribution in [3.8, 4) is 0 Å². The number of hydrogen-bond acceptors (Lipinski definition) is 3. The topological polar surface area (TPSA) is 76.0 Å². The van der Waals surface area contributed by atoms with Gasteiger partial charge < -0.3 is 10.6 Å². The van der Waals surface area contributed by atoms with Gasteiger partial charge in [0.2, 0.25) is 5.91 Å². The molecule has 0 saturated heterocycles. The number of benzene rings is 1. The fourth-order valence-corrected chi connectivity index (χ4v) is 2.48. The summed E-state index contributed by atoms with van der Waals surface area (Å²) in [6.45, 7) is 3.43. The van der Waals surface area contributed by atoms with Crippen molar-refractivity contribution < 1.29 is 14.0 Å². The molecule has 0 radical (unpaired) electrons. The van der Waals surface area contributed by atoms with Crippen LogP contribution < -0.4 is 10.6 Å². The van der Waals surface area contributed by atoms with Gasteiger partial charge in [-0.2, -0.15) is 5.10 Å². The molecule has 6 nitrogen and oxygen atoms in total. The van der Waals surface area contributed by atoms with Crippen LogP contribution in [-0.4, -0.2) is 34.7 Å². The molecule has 0 fully saturated rings. The third-order valence-electron chi connectivity index (χ3n) is 3.52. The molecular formula is C17H20ClFN4O2. The molecular weight excluding hydrogens is 347 g/mol. The SMILES string of the molecule is CC(CNC(=O)CCNC(=O)c1ccc(F)cc1Cl)Cn1cccn1. The lowest BCUT2D eigenvalue weighted by molar-refractivity contribution is -0.121. The number of aromatic nitrogens is 2. The molecule has 134 valence electrons. The smallest absolute Gasteiger partial charge is 0.252 e. The van der Waals surface area contributed by atoms with Crippen LogP contribution in [0.2, 0.25) is 5.02 Å². The third-order valence-corrected chi connectivity index (χ3v) is 3.83. The Morgan fingerprint density at radius 3 is 2.84 bits per heavy atom. The molecule has 2 rings (SSSR count). The van der Waals surface area contributed by atoms with Gasteiger partial charge in [0, 0.05) is 38.4 Å². The van der Waals surface area contributed by atoms with Crippen molar-refractivity contribution in [2.45, 2.75) is 19.9 Å². The number of amides is 2. The zero-order valence-corrected chi connectivity index (χ0v) is 14.6. The van der Waals surface area contributed by atoms with Crippen molar-refractivity contribution in [2.24, 2.45) is 5.92 Å². The molecule has 2 amide bonds. The Hall–Kier alpha value is -2.41. The van der Waals surface area contributed by atoms with Gasteiger partial charge in [-0.3, -0.25) is 14.3 Å². The molecule has 0 aliphatic carbocycles. The van der Waals surface area contributed by atoms with Crippen LogP contribution >= 0.6 is 11.6 Å². The molecule has 1 heterocycles. The van der Waals surface area contributed by atoms with Gasteiger partial charge >= 0.3 is 0 Å². The molecule has 1 atom stereocenters. The van der Waals surface area contributed by atoms with Gasteiger partial charge in [0.05, 0.1) is 10.6 Å². The van der Waals surface area contributed by atoms with Crippen molar-refractivity contribution in [1.82, 2.24) is 20.4 Å². The third kappa shape index (κ3) is 6.19. The van der Waals surface area contributed by atoms with Gasteiger partial charge in [0.1, 0.15) is 5.82 Å². The molecule has 0 saturated carbocycles. The van der Waals surface area contributed by atoms with Crippen LogP contribution in [-0.2, 0) is 11.3 Å². The van der Waals surface area contributed by atoms with E-state index >= 15 is 0 Å². The first-order chi connectivity index (χ1) is 12.0. The van der Waals surface area contributed by atoms with Crippen molar-refractivity contribution >= 4 is 23.4 Å². The quantitative estimate of drug-likeness (QED) is 0.752. The first kappa shape index (κ1) is 18.9. The summed E-state index contributed by atoms with van der Waals surface area (Å²) in [5.74, 6) is -0.871. The fourth-order valence-electron chi connectivity index (χ4n) is 2.23. The number of carbonyl (C=O) groups excluding carboxylic acids is 2. The lowest BCUT2D eigenvalue weighted by Gasteiger charge is -2.13. The van der Waals surface area contributed by atoms with Gasteiger partial charge in [-0.25, -0.2) is 4.39 Å². The Labute approximate surface area is 150 Å². The summed E-state index contributed by atoms with van der Waals surface area (Å²) >= 11 is 5.82. The zero-order chi connectivity index (χ0) is 18.2. The maximum absolute atomic E-state index is 13.0. The van der Waals surface area contributed by atoms with Crippen molar-refractivity contribution in [3.63, 3.8) is 0 Å². The molecule has 0 spiro atoms. The summed E-state index contributed by atoms with van der Waals surface area (Å²) in [5.41, 5.74) is 0.177. The highest BCUT2D eigenvalue weighted by molar-refractivity contribution is 6.33. The first-order valence-corrected chi connectivity index (χ1v) is 8.31. The summed E-state index contributed by atoms with van der Waals surface area (Å²) in [6, 6.07) is 5.39. The van der Waals surface area contributed by atoms with E-state index in [4.69, 9.17) is 11.6 Å². The molecule has 1 aromatic carbocycles. The number of nitrogens with one attached hydrogen (secondary N) is 2. The van der Waals surface area contributed by atoms with E-state index in [1.165, 1.54) is 6.07 Å². The Balaban J connectivity index is 1.67. The van der Waals surface area contributed by atoms with E-state index in [0.717, 1.165) is 12.1 Å². The Morgan fingerprint density at radius 1 is 1.36 bits per heavy atom. The first-order valence-electron chi connectivity index (χ1n) is 7.93. The van der Waals surface area contributed by atoms with E-state index in [1.807, 2.05) is 23.9 Å². The number of nitrogens with zero attached hydrogens (tertiary/aromatic N) is 2. The number of hydrogen-bond donors (Lipinski definition) is 2. The van der Waals surface area contributed by atoms with Gasteiger partial charge in [-0.15, -0.1) is 0 Å². The van der Waals surface area contributed by atoms with Crippen LogP contribution in [0, 0.1) is 11.7 Å². The van der Waals surface area contributed by atoms with Crippen molar-refractivity contribution in [3.05, 3.63) is 53.1 Å². The predicted octanol–water partition coefficient (Wildman–Crippen LogP) is 2.25. The molecule has 2 aromatic rings. The van der Waals surface area contributed by atoms with Crippen LogP contribution in [0.25, 0.3) is 0 Å². The highest BCUT2D eigenvalue weighted by Crippen LogP contribution is 2.16. The molecule has 1 unspecified atom stereocenters. The lowest BCUT2D eigenvalue weighted by atomic mass is 10.2. The summed E-state index contributed by atoms with van der Waals surface area (Å²) in [7, 11) is 0. The second-order valence-electron chi connectivity index (χ2n) is 5.77. The average Bonchev–Trinajstić information content (AvgIpc) is 3.05. The summed E-state index contributed by atoms with van der Waals surface area (Å²) in [6.07, 6.45) is 3.73. The largest absolute Gasteiger partial charge is 0.356 e.